The zero-order chi connectivity index (χ0) is 12.8. The van der Waals surface area contributed by atoms with E-state index in [1.807, 2.05) is 29.9 Å². The largest absolute Gasteiger partial charge is 0.370 e. The Morgan fingerprint density at radius 2 is 2.28 bits per heavy atom. The highest BCUT2D eigenvalue weighted by molar-refractivity contribution is 9.10. The first-order valence-corrected chi connectivity index (χ1v) is 6.82. The van der Waals surface area contributed by atoms with E-state index in [-0.39, 0.29) is 0 Å². The Labute approximate surface area is 115 Å². The molecule has 0 bridgehead atoms. The van der Waals surface area contributed by atoms with E-state index in [0.717, 1.165) is 42.2 Å². The normalized spacial score (nSPS) is 10.6. The SMILES string of the molecule is CCc1nc(Br)cc(NCCCn2cccn2)n1. The van der Waals surface area contributed by atoms with Gasteiger partial charge in [-0.25, -0.2) is 9.97 Å². The van der Waals surface area contributed by atoms with Crippen LogP contribution in [0.3, 0.4) is 0 Å². The van der Waals surface area contributed by atoms with E-state index < -0.39 is 0 Å². The summed E-state index contributed by atoms with van der Waals surface area (Å²) in [6, 6.07) is 3.83. The zero-order valence-corrected chi connectivity index (χ0v) is 11.9. The molecule has 2 aromatic rings. The van der Waals surface area contributed by atoms with Crippen LogP contribution in [-0.4, -0.2) is 26.3 Å². The second kappa shape index (κ2) is 6.49. The number of nitrogens with one attached hydrogen (secondary N) is 1. The molecule has 2 rings (SSSR count). The lowest BCUT2D eigenvalue weighted by atomic mass is 10.4. The molecule has 0 saturated heterocycles. The average molecular weight is 310 g/mol. The molecule has 0 saturated carbocycles. The van der Waals surface area contributed by atoms with Crippen LogP contribution in [0.5, 0.6) is 0 Å². The van der Waals surface area contributed by atoms with Gasteiger partial charge in [0.2, 0.25) is 0 Å². The molecule has 0 aromatic carbocycles. The summed E-state index contributed by atoms with van der Waals surface area (Å²) in [4.78, 5) is 8.68. The average Bonchev–Trinajstić information content (AvgIpc) is 2.87. The minimum Gasteiger partial charge on any atom is -0.370 e. The maximum Gasteiger partial charge on any atom is 0.131 e. The van der Waals surface area contributed by atoms with E-state index in [2.05, 4.69) is 36.3 Å². The molecule has 6 heteroatoms. The van der Waals surface area contributed by atoms with E-state index in [9.17, 15) is 0 Å². The third-order valence-electron chi connectivity index (χ3n) is 2.49. The minimum atomic E-state index is 0.823. The zero-order valence-electron chi connectivity index (χ0n) is 10.3. The van der Waals surface area contributed by atoms with Gasteiger partial charge in [-0.1, -0.05) is 6.92 Å². The summed E-state index contributed by atoms with van der Waals surface area (Å²) >= 11 is 3.39. The van der Waals surface area contributed by atoms with Crippen LogP contribution in [0.15, 0.2) is 29.1 Å². The van der Waals surface area contributed by atoms with Gasteiger partial charge in [0.25, 0.3) is 0 Å². The number of rotatable bonds is 6. The molecule has 0 atom stereocenters. The smallest absolute Gasteiger partial charge is 0.131 e. The monoisotopic (exact) mass is 309 g/mol. The third-order valence-corrected chi connectivity index (χ3v) is 2.89. The molecule has 96 valence electrons. The second-order valence-electron chi connectivity index (χ2n) is 3.90. The molecule has 2 aromatic heterocycles. The highest BCUT2D eigenvalue weighted by atomic mass is 79.9. The number of aromatic nitrogens is 4. The van der Waals surface area contributed by atoms with Gasteiger partial charge in [0.15, 0.2) is 0 Å². The van der Waals surface area contributed by atoms with Crippen LogP contribution in [0.2, 0.25) is 0 Å². The molecule has 0 spiro atoms. The molecule has 0 aliphatic carbocycles. The summed E-state index contributed by atoms with van der Waals surface area (Å²) in [6.07, 6.45) is 5.60. The third kappa shape index (κ3) is 3.80. The van der Waals surface area contributed by atoms with Crippen LogP contribution in [0, 0.1) is 0 Å². The number of hydrogen-bond acceptors (Lipinski definition) is 4. The van der Waals surface area contributed by atoms with Crippen molar-refractivity contribution in [2.24, 2.45) is 0 Å². The van der Waals surface area contributed by atoms with Crippen LogP contribution in [0.1, 0.15) is 19.2 Å². The van der Waals surface area contributed by atoms with Crippen molar-refractivity contribution < 1.29 is 0 Å². The first kappa shape index (κ1) is 13.0. The van der Waals surface area contributed by atoms with Crippen molar-refractivity contribution in [3.63, 3.8) is 0 Å². The maximum absolute atomic E-state index is 4.41. The number of aryl methyl sites for hydroxylation is 2. The molecule has 0 amide bonds. The standard InChI is InChI=1S/C12H16BrN5/c1-2-11-16-10(13)9-12(17-11)14-5-3-7-18-8-4-6-15-18/h4,6,8-9H,2-3,5,7H2,1H3,(H,14,16,17). The summed E-state index contributed by atoms with van der Waals surface area (Å²) in [5.41, 5.74) is 0. The summed E-state index contributed by atoms with van der Waals surface area (Å²) in [5, 5.41) is 7.46. The highest BCUT2D eigenvalue weighted by Crippen LogP contribution is 2.12. The molecule has 2 heterocycles. The Bertz CT molecular complexity index is 483. The van der Waals surface area contributed by atoms with Crippen molar-refractivity contribution in [2.45, 2.75) is 26.3 Å². The van der Waals surface area contributed by atoms with E-state index in [0.29, 0.717) is 0 Å². The van der Waals surface area contributed by atoms with Crippen molar-refractivity contribution in [1.82, 2.24) is 19.7 Å². The van der Waals surface area contributed by atoms with Gasteiger partial charge in [0, 0.05) is 38.0 Å². The Hall–Kier alpha value is -1.43. The summed E-state index contributed by atoms with van der Waals surface area (Å²) in [7, 11) is 0. The molecule has 0 radical (unpaired) electrons. The van der Waals surface area contributed by atoms with E-state index in [1.165, 1.54) is 0 Å². The van der Waals surface area contributed by atoms with Gasteiger partial charge in [-0.15, -0.1) is 0 Å². The first-order chi connectivity index (χ1) is 8.78. The maximum atomic E-state index is 4.41. The highest BCUT2D eigenvalue weighted by Gasteiger charge is 2.00. The fraction of sp³-hybridized carbons (Fsp3) is 0.417. The van der Waals surface area contributed by atoms with Crippen molar-refractivity contribution in [1.29, 1.82) is 0 Å². The van der Waals surface area contributed by atoms with Crippen LogP contribution in [0.25, 0.3) is 0 Å². The van der Waals surface area contributed by atoms with Crippen molar-refractivity contribution >= 4 is 21.7 Å². The van der Waals surface area contributed by atoms with Crippen molar-refractivity contribution in [3.05, 3.63) is 35.0 Å². The lowest BCUT2D eigenvalue weighted by molar-refractivity contribution is 0.591. The molecule has 0 fully saturated rings. The summed E-state index contributed by atoms with van der Waals surface area (Å²) < 4.78 is 2.75. The summed E-state index contributed by atoms with van der Waals surface area (Å²) in [6.45, 7) is 3.82. The Morgan fingerprint density at radius 3 is 3.00 bits per heavy atom. The second-order valence-corrected chi connectivity index (χ2v) is 4.71. The lowest BCUT2D eigenvalue weighted by Gasteiger charge is -2.07. The Balaban J connectivity index is 1.81. The Kier molecular flexibility index (Phi) is 4.69. The van der Waals surface area contributed by atoms with E-state index in [1.54, 1.807) is 6.20 Å². The molecule has 0 aliphatic rings. The molecule has 0 aliphatic heterocycles. The van der Waals surface area contributed by atoms with Crippen molar-refractivity contribution in [2.75, 3.05) is 11.9 Å². The molecule has 1 N–H and O–H groups in total. The van der Waals surface area contributed by atoms with Gasteiger partial charge in [-0.2, -0.15) is 5.10 Å². The quantitative estimate of drug-likeness (QED) is 0.658. The van der Waals surface area contributed by atoms with Crippen LogP contribution >= 0.6 is 15.9 Å². The topological polar surface area (TPSA) is 55.6 Å². The van der Waals surface area contributed by atoms with Crippen LogP contribution in [0.4, 0.5) is 5.82 Å². The predicted octanol–water partition coefficient (Wildman–Crippen LogP) is 2.50. The van der Waals surface area contributed by atoms with E-state index in [4.69, 9.17) is 0 Å². The minimum absolute atomic E-state index is 0.823. The number of nitrogens with zero attached hydrogens (tertiary/aromatic N) is 4. The summed E-state index contributed by atoms with van der Waals surface area (Å²) in [5.74, 6) is 1.72. The van der Waals surface area contributed by atoms with Gasteiger partial charge in [0.05, 0.1) is 0 Å². The number of anilines is 1. The predicted molar refractivity (Wildman–Crippen MR) is 74.4 cm³/mol. The molecule has 18 heavy (non-hydrogen) atoms. The van der Waals surface area contributed by atoms with Gasteiger partial charge in [0.1, 0.15) is 16.2 Å². The van der Waals surface area contributed by atoms with Gasteiger partial charge in [-0.3, -0.25) is 4.68 Å². The first-order valence-electron chi connectivity index (χ1n) is 6.02. The van der Waals surface area contributed by atoms with Gasteiger partial charge >= 0.3 is 0 Å². The Morgan fingerprint density at radius 1 is 1.39 bits per heavy atom. The molecular weight excluding hydrogens is 294 g/mol. The fourth-order valence-electron chi connectivity index (χ4n) is 1.60. The lowest BCUT2D eigenvalue weighted by Crippen LogP contribution is -2.09. The van der Waals surface area contributed by atoms with E-state index >= 15 is 0 Å². The van der Waals surface area contributed by atoms with Crippen molar-refractivity contribution in [3.8, 4) is 0 Å². The van der Waals surface area contributed by atoms with Crippen LogP contribution in [-0.2, 0) is 13.0 Å². The number of hydrogen-bond donors (Lipinski definition) is 1. The van der Waals surface area contributed by atoms with Gasteiger partial charge < -0.3 is 5.32 Å². The molecular formula is C12H16BrN5. The fourth-order valence-corrected chi connectivity index (χ4v) is 2.03. The number of halogens is 1. The molecule has 5 nitrogen and oxygen atoms in total. The van der Waals surface area contributed by atoms with Crippen LogP contribution < -0.4 is 5.32 Å². The molecule has 0 unspecified atom stereocenters. The van der Waals surface area contributed by atoms with Gasteiger partial charge in [-0.05, 0) is 28.4 Å².